The van der Waals surface area contributed by atoms with Crippen molar-refractivity contribution in [2.75, 3.05) is 7.11 Å². The Kier molecular flexibility index (Phi) is 4.05. The third-order valence-corrected chi connectivity index (χ3v) is 9.22. The fourth-order valence-corrected chi connectivity index (χ4v) is 7.81. The molecular weight excluding hydrogens is 306 g/mol. The Morgan fingerprint density at radius 1 is 1.08 bits per heavy atom. The summed E-state index contributed by atoms with van der Waals surface area (Å²) >= 11 is 0. The standard InChI is InChI=1S/C23H37NO/c1-14-13-23(5)20-11-12-22(4)18(16(3)25-6)8-9-19(22)17(20)7-10-21(23)24-15(14)2/h14,17-21,24H,2-3,7-13H2,1,4-6H3/t14-,17?,18?,19?,20?,21?,22?,23?/m1/s1. The van der Waals surface area contributed by atoms with Crippen molar-refractivity contribution in [2.45, 2.75) is 71.8 Å². The van der Waals surface area contributed by atoms with E-state index in [1.165, 1.54) is 50.6 Å². The van der Waals surface area contributed by atoms with Gasteiger partial charge in [-0.1, -0.05) is 33.9 Å². The molecule has 0 aromatic heterocycles. The third kappa shape index (κ3) is 2.35. The van der Waals surface area contributed by atoms with Crippen LogP contribution < -0.4 is 5.32 Å². The predicted molar refractivity (Wildman–Crippen MR) is 104 cm³/mol. The van der Waals surface area contributed by atoms with Gasteiger partial charge in [0.05, 0.1) is 12.9 Å². The molecule has 0 aromatic rings. The highest BCUT2D eigenvalue weighted by atomic mass is 16.5. The summed E-state index contributed by atoms with van der Waals surface area (Å²) in [6.45, 7) is 16.0. The van der Waals surface area contributed by atoms with Crippen molar-refractivity contribution < 1.29 is 4.74 Å². The van der Waals surface area contributed by atoms with Crippen molar-refractivity contribution in [3.05, 3.63) is 24.6 Å². The van der Waals surface area contributed by atoms with Crippen molar-refractivity contribution in [1.29, 1.82) is 0 Å². The SMILES string of the molecule is C=C(OC)C1CCC2C3CCC4NC(=C)[C@H](C)CC4(C)C3CCC12C. The molecule has 4 fully saturated rings. The molecule has 0 amide bonds. The average Bonchev–Trinajstić information content (AvgIpc) is 2.93. The second kappa shape index (κ2) is 5.79. The first-order valence-corrected chi connectivity index (χ1v) is 10.5. The van der Waals surface area contributed by atoms with Crippen LogP contribution in [0.2, 0.25) is 0 Å². The number of allylic oxidation sites excluding steroid dienone is 2. The van der Waals surface area contributed by atoms with Crippen LogP contribution >= 0.6 is 0 Å². The van der Waals surface area contributed by atoms with Gasteiger partial charge in [-0.2, -0.15) is 0 Å². The van der Waals surface area contributed by atoms with E-state index in [0.29, 0.717) is 28.7 Å². The monoisotopic (exact) mass is 343 g/mol. The number of nitrogens with one attached hydrogen (secondary N) is 1. The first-order chi connectivity index (χ1) is 11.8. The number of piperidine rings is 1. The summed E-state index contributed by atoms with van der Waals surface area (Å²) in [5.41, 5.74) is 2.13. The molecule has 1 aliphatic heterocycles. The van der Waals surface area contributed by atoms with E-state index in [4.69, 9.17) is 4.74 Å². The highest BCUT2D eigenvalue weighted by molar-refractivity contribution is 5.17. The highest BCUT2D eigenvalue weighted by Gasteiger charge is 2.61. The van der Waals surface area contributed by atoms with Crippen molar-refractivity contribution in [2.24, 2.45) is 40.4 Å². The quantitative estimate of drug-likeness (QED) is 0.667. The van der Waals surface area contributed by atoms with Crippen LogP contribution in [0, 0.1) is 40.4 Å². The maximum absolute atomic E-state index is 5.60. The summed E-state index contributed by atoms with van der Waals surface area (Å²) in [5, 5.41) is 3.82. The fourth-order valence-electron chi connectivity index (χ4n) is 7.81. The van der Waals surface area contributed by atoms with E-state index < -0.39 is 0 Å². The normalized spacial score (nSPS) is 51.8. The van der Waals surface area contributed by atoms with Crippen LogP contribution in [0.5, 0.6) is 0 Å². The second-order valence-corrected chi connectivity index (χ2v) is 10.1. The van der Waals surface area contributed by atoms with Gasteiger partial charge in [0.25, 0.3) is 0 Å². The van der Waals surface area contributed by atoms with Gasteiger partial charge in [-0.15, -0.1) is 0 Å². The van der Waals surface area contributed by atoms with Gasteiger partial charge in [-0.3, -0.25) is 0 Å². The van der Waals surface area contributed by atoms with Crippen LogP contribution in [0.3, 0.4) is 0 Å². The average molecular weight is 344 g/mol. The molecule has 3 saturated carbocycles. The summed E-state index contributed by atoms with van der Waals surface area (Å²) < 4.78 is 5.60. The van der Waals surface area contributed by atoms with Crippen LogP contribution in [-0.2, 0) is 4.74 Å². The largest absolute Gasteiger partial charge is 0.501 e. The van der Waals surface area contributed by atoms with Crippen molar-refractivity contribution >= 4 is 0 Å². The fraction of sp³-hybridized carbons (Fsp3) is 0.826. The summed E-state index contributed by atoms with van der Waals surface area (Å²) in [4.78, 5) is 0. The molecule has 140 valence electrons. The van der Waals surface area contributed by atoms with Crippen LogP contribution in [0.25, 0.3) is 0 Å². The molecule has 25 heavy (non-hydrogen) atoms. The molecule has 4 aliphatic rings. The molecule has 3 aliphatic carbocycles. The number of ether oxygens (including phenoxy) is 1. The minimum atomic E-state index is 0.411. The molecule has 2 nitrogen and oxygen atoms in total. The van der Waals surface area contributed by atoms with E-state index in [-0.39, 0.29) is 0 Å². The number of hydrogen-bond donors (Lipinski definition) is 1. The predicted octanol–water partition coefficient (Wildman–Crippen LogP) is 5.52. The summed E-state index contributed by atoms with van der Waals surface area (Å²) in [5.74, 6) is 4.85. The molecule has 0 aromatic carbocycles. The Hall–Kier alpha value is -0.920. The molecule has 2 heteroatoms. The molecule has 1 saturated heterocycles. The number of rotatable bonds is 2. The Morgan fingerprint density at radius 3 is 2.52 bits per heavy atom. The molecule has 1 heterocycles. The van der Waals surface area contributed by atoms with Crippen LogP contribution in [0.15, 0.2) is 24.6 Å². The lowest BCUT2D eigenvalue weighted by molar-refractivity contribution is -0.0956. The Labute approximate surface area is 154 Å². The van der Waals surface area contributed by atoms with Gasteiger partial charge < -0.3 is 10.1 Å². The lowest BCUT2D eigenvalue weighted by atomic mass is 9.46. The highest BCUT2D eigenvalue weighted by Crippen LogP contribution is 2.66. The molecule has 7 unspecified atom stereocenters. The van der Waals surface area contributed by atoms with Gasteiger partial charge in [-0.05, 0) is 79.4 Å². The zero-order chi connectivity index (χ0) is 18.0. The maximum atomic E-state index is 5.60. The Balaban J connectivity index is 1.62. The molecule has 8 atom stereocenters. The van der Waals surface area contributed by atoms with Crippen molar-refractivity contribution in [3.8, 4) is 0 Å². The summed E-state index contributed by atoms with van der Waals surface area (Å²) in [6.07, 6.45) is 9.44. The van der Waals surface area contributed by atoms with Gasteiger partial charge >= 0.3 is 0 Å². The first-order valence-electron chi connectivity index (χ1n) is 10.5. The Bertz CT molecular complexity index is 583. The molecule has 0 bridgehead atoms. The summed E-state index contributed by atoms with van der Waals surface area (Å²) in [7, 11) is 1.80. The van der Waals surface area contributed by atoms with Crippen LogP contribution in [0.4, 0.5) is 0 Å². The second-order valence-electron chi connectivity index (χ2n) is 10.1. The first kappa shape index (κ1) is 17.5. The van der Waals surface area contributed by atoms with E-state index >= 15 is 0 Å². The van der Waals surface area contributed by atoms with Crippen LogP contribution in [0.1, 0.15) is 65.7 Å². The lowest BCUT2D eigenvalue weighted by Crippen LogP contribution is -2.60. The Morgan fingerprint density at radius 2 is 1.80 bits per heavy atom. The van der Waals surface area contributed by atoms with E-state index in [1.807, 2.05) is 0 Å². The molecule has 0 spiro atoms. The van der Waals surface area contributed by atoms with Crippen LogP contribution in [-0.4, -0.2) is 13.2 Å². The van der Waals surface area contributed by atoms with E-state index in [0.717, 1.165) is 23.5 Å². The van der Waals surface area contributed by atoms with E-state index in [2.05, 4.69) is 39.2 Å². The molecule has 4 rings (SSSR count). The zero-order valence-electron chi connectivity index (χ0n) is 16.7. The topological polar surface area (TPSA) is 21.3 Å². The number of methoxy groups -OCH3 is 1. The smallest absolute Gasteiger partial charge is 0.0920 e. The van der Waals surface area contributed by atoms with Gasteiger partial charge in [0.1, 0.15) is 0 Å². The summed E-state index contributed by atoms with van der Waals surface area (Å²) in [6, 6.07) is 0.646. The molecule has 0 radical (unpaired) electrons. The number of hydrogen-bond acceptors (Lipinski definition) is 2. The minimum Gasteiger partial charge on any atom is -0.501 e. The van der Waals surface area contributed by atoms with Gasteiger partial charge in [0, 0.05) is 17.7 Å². The van der Waals surface area contributed by atoms with Gasteiger partial charge in [0.15, 0.2) is 0 Å². The van der Waals surface area contributed by atoms with E-state index in [1.54, 1.807) is 7.11 Å². The number of fused-ring (bicyclic) bond motifs is 5. The van der Waals surface area contributed by atoms with Gasteiger partial charge in [-0.25, -0.2) is 0 Å². The molecule has 1 N–H and O–H groups in total. The zero-order valence-corrected chi connectivity index (χ0v) is 16.7. The molecular formula is C23H37NO. The minimum absolute atomic E-state index is 0.411. The van der Waals surface area contributed by atoms with Crippen molar-refractivity contribution in [1.82, 2.24) is 5.32 Å². The van der Waals surface area contributed by atoms with Crippen molar-refractivity contribution in [3.63, 3.8) is 0 Å². The maximum Gasteiger partial charge on any atom is 0.0920 e. The van der Waals surface area contributed by atoms with Gasteiger partial charge in [0.2, 0.25) is 0 Å². The van der Waals surface area contributed by atoms with E-state index in [9.17, 15) is 0 Å². The third-order valence-electron chi connectivity index (χ3n) is 9.22. The lowest BCUT2D eigenvalue weighted by Gasteiger charge is -2.61.